The Hall–Kier alpha value is -1.70. The summed E-state index contributed by atoms with van der Waals surface area (Å²) in [5.74, 6) is 0.660. The van der Waals surface area contributed by atoms with Crippen LogP contribution in [0, 0.1) is 0 Å². The summed E-state index contributed by atoms with van der Waals surface area (Å²) >= 11 is 0. The molecular weight excluding hydrogens is 276 g/mol. The van der Waals surface area contributed by atoms with Gasteiger partial charge in [-0.05, 0) is 30.7 Å². The van der Waals surface area contributed by atoms with E-state index in [1.165, 1.54) is 0 Å². The van der Waals surface area contributed by atoms with E-state index in [2.05, 4.69) is 9.71 Å². The van der Waals surface area contributed by atoms with Gasteiger partial charge >= 0.3 is 0 Å². The van der Waals surface area contributed by atoms with E-state index in [-0.39, 0.29) is 11.4 Å². The van der Waals surface area contributed by atoms with Gasteiger partial charge in [0.15, 0.2) is 0 Å². The van der Waals surface area contributed by atoms with Crippen molar-refractivity contribution in [2.24, 2.45) is 12.8 Å². The number of benzene rings is 1. The van der Waals surface area contributed by atoms with Crippen LogP contribution in [0.1, 0.15) is 11.4 Å². The van der Waals surface area contributed by atoms with Crippen molar-refractivity contribution >= 4 is 10.0 Å². The molecule has 0 fully saturated rings. The second kappa shape index (κ2) is 6.17. The predicted molar refractivity (Wildman–Crippen MR) is 76.4 cm³/mol. The third kappa shape index (κ3) is 3.44. The van der Waals surface area contributed by atoms with Crippen LogP contribution in [-0.4, -0.2) is 24.5 Å². The molecule has 6 nitrogen and oxygen atoms in total. The highest BCUT2D eigenvalue weighted by atomic mass is 32.2. The fourth-order valence-electron chi connectivity index (χ4n) is 1.81. The molecule has 1 aromatic carbocycles. The average Bonchev–Trinajstić information content (AvgIpc) is 2.83. The molecule has 2 rings (SSSR count). The van der Waals surface area contributed by atoms with E-state index < -0.39 is 10.0 Å². The van der Waals surface area contributed by atoms with Crippen LogP contribution in [0.2, 0.25) is 0 Å². The number of aromatic nitrogens is 2. The van der Waals surface area contributed by atoms with Crippen LogP contribution in [0.15, 0.2) is 41.6 Å². The molecule has 0 saturated carbocycles. The molecule has 0 radical (unpaired) electrons. The van der Waals surface area contributed by atoms with Crippen LogP contribution < -0.4 is 10.5 Å². The molecule has 1 heterocycles. The van der Waals surface area contributed by atoms with Crippen molar-refractivity contribution in [2.75, 3.05) is 6.54 Å². The SMILES string of the molecule is Cn1ccnc1CNS(=O)(=O)c1ccc(CCN)cc1. The first-order valence-corrected chi connectivity index (χ1v) is 7.76. The Morgan fingerprint density at radius 2 is 2.00 bits per heavy atom. The van der Waals surface area contributed by atoms with E-state index in [4.69, 9.17) is 5.73 Å². The van der Waals surface area contributed by atoms with Gasteiger partial charge in [-0.15, -0.1) is 0 Å². The van der Waals surface area contributed by atoms with Crippen LogP contribution in [0.25, 0.3) is 0 Å². The van der Waals surface area contributed by atoms with Crippen LogP contribution >= 0.6 is 0 Å². The van der Waals surface area contributed by atoms with Crippen LogP contribution in [0.5, 0.6) is 0 Å². The predicted octanol–water partition coefficient (Wildman–Crippen LogP) is 0.400. The number of nitrogens with zero attached hydrogens (tertiary/aromatic N) is 2. The Balaban J connectivity index is 2.08. The summed E-state index contributed by atoms with van der Waals surface area (Å²) < 4.78 is 28.6. The molecule has 0 aliphatic carbocycles. The van der Waals surface area contributed by atoms with Crippen molar-refractivity contribution in [2.45, 2.75) is 17.9 Å². The van der Waals surface area contributed by atoms with E-state index in [1.807, 2.05) is 7.05 Å². The normalized spacial score (nSPS) is 11.7. The van der Waals surface area contributed by atoms with Crippen molar-refractivity contribution in [3.8, 4) is 0 Å². The maximum absolute atomic E-state index is 12.1. The van der Waals surface area contributed by atoms with E-state index in [0.29, 0.717) is 12.4 Å². The van der Waals surface area contributed by atoms with Crippen molar-refractivity contribution in [1.82, 2.24) is 14.3 Å². The molecule has 0 atom stereocenters. The van der Waals surface area contributed by atoms with Crippen molar-refractivity contribution in [1.29, 1.82) is 0 Å². The summed E-state index contributed by atoms with van der Waals surface area (Å²) in [5, 5.41) is 0. The number of nitrogens with two attached hydrogens (primary N) is 1. The largest absolute Gasteiger partial charge is 0.337 e. The highest BCUT2D eigenvalue weighted by molar-refractivity contribution is 7.89. The first-order chi connectivity index (χ1) is 9.53. The lowest BCUT2D eigenvalue weighted by molar-refractivity contribution is 0.577. The summed E-state index contributed by atoms with van der Waals surface area (Å²) in [5.41, 5.74) is 6.48. The van der Waals surface area contributed by atoms with Crippen LogP contribution in [0.3, 0.4) is 0 Å². The zero-order valence-corrected chi connectivity index (χ0v) is 12.1. The number of nitrogens with one attached hydrogen (secondary N) is 1. The smallest absolute Gasteiger partial charge is 0.240 e. The van der Waals surface area contributed by atoms with Crippen molar-refractivity contribution < 1.29 is 8.42 Å². The Morgan fingerprint density at radius 1 is 1.30 bits per heavy atom. The Bertz CT molecular complexity index is 662. The molecule has 0 unspecified atom stereocenters. The first kappa shape index (κ1) is 14.7. The molecule has 1 aromatic heterocycles. The zero-order valence-electron chi connectivity index (χ0n) is 11.3. The Labute approximate surface area is 118 Å². The number of rotatable bonds is 6. The number of hydrogen-bond donors (Lipinski definition) is 2. The molecule has 7 heteroatoms. The Kier molecular flexibility index (Phi) is 4.53. The maximum Gasteiger partial charge on any atom is 0.240 e. The van der Waals surface area contributed by atoms with Gasteiger partial charge in [-0.25, -0.2) is 18.1 Å². The first-order valence-electron chi connectivity index (χ1n) is 6.28. The van der Waals surface area contributed by atoms with Gasteiger partial charge in [-0.3, -0.25) is 0 Å². The molecule has 0 aliphatic heterocycles. The minimum Gasteiger partial charge on any atom is -0.337 e. The summed E-state index contributed by atoms with van der Waals surface area (Å²) in [6, 6.07) is 6.74. The number of hydrogen-bond acceptors (Lipinski definition) is 4. The van der Waals surface area contributed by atoms with Gasteiger partial charge in [0.25, 0.3) is 0 Å². The van der Waals surface area contributed by atoms with E-state index >= 15 is 0 Å². The minimum atomic E-state index is -3.52. The minimum absolute atomic E-state index is 0.163. The van der Waals surface area contributed by atoms with Crippen LogP contribution in [-0.2, 0) is 30.0 Å². The standard InChI is InChI=1S/C13H18N4O2S/c1-17-9-8-15-13(17)10-16-20(18,19)12-4-2-11(3-5-12)6-7-14/h2-5,8-9,16H,6-7,10,14H2,1H3. The summed E-state index contributed by atoms with van der Waals surface area (Å²) in [7, 11) is -1.70. The van der Waals surface area contributed by atoms with E-state index in [1.54, 1.807) is 41.2 Å². The molecule has 0 spiro atoms. The highest BCUT2D eigenvalue weighted by Gasteiger charge is 2.14. The summed E-state index contributed by atoms with van der Waals surface area (Å²) in [4.78, 5) is 4.32. The fraction of sp³-hybridized carbons (Fsp3) is 0.308. The second-order valence-electron chi connectivity index (χ2n) is 4.46. The molecule has 0 amide bonds. The molecule has 0 bridgehead atoms. The molecule has 3 N–H and O–H groups in total. The highest BCUT2D eigenvalue weighted by Crippen LogP contribution is 2.11. The monoisotopic (exact) mass is 294 g/mol. The Morgan fingerprint density at radius 3 is 2.55 bits per heavy atom. The summed E-state index contributed by atoms with van der Waals surface area (Å²) in [6.45, 7) is 0.708. The lowest BCUT2D eigenvalue weighted by Crippen LogP contribution is -2.24. The number of aryl methyl sites for hydroxylation is 1. The van der Waals surface area contributed by atoms with Crippen LogP contribution in [0.4, 0.5) is 0 Å². The van der Waals surface area contributed by atoms with Gasteiger partial charge in [0, 0.05) is 19.4 Å². The van der Waals surface area contributed by atoms with Crippen molar-refractivity contribution in [3.63, 3.8) is 0 Å². The van der Waals surface area contributed by atoms with Gasteiger partial charge in [0.05, 0.1) is 11.4 Å². The topological polar surface area (TPSA) is 90.0 Å². The van der Waals surface area contributed by atoms with Crippen molar-refractivity contribution in [3.05, 3.63) is 48.0 Å². The summed E-state index contributed by atoms with van der Waals surface area (Å²) in [6.07, 6.45) is 4.14. The van der Waals surface area contributed by atoms with Gasteiger partial charge in [-0.2, -0.15) is 0 Å². The number of sulfonamides is 1. The third-order valence-corrected chi connectivity index (χ3v) is 4.43. The fourth-order valence-corrected chi connectivity index (χ4v) is 2.79. The van der Waals surface area contributed by atoms with Gasteiger partial charge in [0.1, 0.15) is 5.82 Å². The molecule has 2 aromatic rings. The number of imidazole rings is 1. The maximum atomic E-state index is 12.1. The lowest BCUT2D eigenvalue weighted by atomic mass is 10.2. The second-order valence-corrected chi connectivity index (χ2v) is 6.23. The van der Waals surface area contributed by atoms with Gasteiger partial charge < -0.3 is 10.3 Å². The lowest BCUT2D eigenvalue weighted by Gasteiger charge is -2.07. The zero-order chi connectivity index (χ0) is 14.6. The van der Waals surface area contributed by atoms with Gasteiger partial charge in [0.2, 0.25) is 10.0 Å². The molecular formula is C13H18N4O2S. The third-order valence-electron chi connectivity index (χ3n) is 3.01. The molecule has 0 aliphatic rings. The van der Waals surface area contributed by atoms with E-state index in [9.17, 15) is 8.42 Å². The average molecular weight is 294 g/mol. The molecule has 0 saturated heterocycles. The van der Waals surface area contributed by atoms with Gasteiger partial charge in [-0.1, -0.05) is 12.1 Å². The van der Waals surface area contributed by atoms with E-state index in [0.717, 1.165) is 12.0 Å². The molecule has 108 valence electrons. The molecule has 20 heavy (non-hydrogen) atoms. The quantitative estimate of drug-likeness (QED) is 0.807.